The van der Waals surface area contributed by atoms with E-state index in [1.807, 2.05) is 18.7 Å². The maximum Gasteiger partial charge on any atom is 0.313 e. The summed E-state index contributed by atoms with van der Waals surface area (Å²) in [7, 11) is 0. The fourth-order valence-electron chi connectivity index (χ4n) is 7.20. The average molecular weight is 489 g/mol. The van der Waals surface area contributed by atoms with Gasteiger partial charge in [-0.05, 0) is 38.5 Å². The van der Waals surface area contributed by atoms with Crippen LogP contribution in [0.1, 0.15) is 58.8 Å². The number of carbonyl (C=O) groups is 3. The summed E-state index contributed by atoms with van der Waals surface area (Å²) < 4.78 is 12.1. The Morgan fingerprint density at radius 3 is 2.60 bits per heavy atom. The van der Waals surface area contributed by atoms with E-state index in [1.54, 1.807) is 11.0 Å². The quantitative estimate of drug-likeness (QED) is 0.375. The highest BCUT2D eigenvalue weighted by molar-refractivity contribution is 5.98. The molecule has 2 bridgehead atoms. The van der Waals surface area contributed by atoms with Crippen molar-refractivity contribution in [1.29, 1.82) is 0 Å². The molecule has 4 fully saturated rings. The highest BCUT2D eigenvalue weighted by Gasteiger charge is 2.80. The van der Waals surface area contributed by atoms with Crippen LogP contribution in [-0.2, 0) is 23.9 Å². The Labute approximate surface area is 208 Å². The predicted octanol–water partition coefficient (Wildman–Crippen LogP) is 2.46. The maximum atomic E-state index is 14.4. The molecule has 0 aromatic heterocycles. The lowest BCUT2D eigenvalue weighted by atomic mass is 9.62. The Kier molecular flexibility index (Phi) is 7.44. The Balaban J connectivity index is 1.76. The molecule has 1 N–H and O–H groups in total. The zero-order chi connectivity index (χ0) is 25.4. The molecule has 194 valence electrons. The molecule has 0 aromatic rings. The van der Waals surface area contributed by atoms with Crippen molar-refractivity contribution in [2.75, 3.05) is 26.3 Å². The first-order valence-corrected chi connectivity index (χ1v) is 13.1. The third kappa shape index (κ3) is 4.02. The van der Waals surface area contributed by atoms with Crippen LogP contribution in [0.3, 0.4) is 0 Å². The number of aliphatic hydroxyl groups excluding tert-OH is 1. The second kappa shape index (κ2) is 10.1. The summed E-state index contributed by atoms with van der Waals surface area (Å²) in [6.07, 6.45) is 9.27. The van der Waals surface area contributed by atoms with Crippen LogP contribution in [0, 0.1) is 17.8 Å². The van der Waals surface area contributed by atoms with Gasteiger partial charge in [-0.2, -0.15) is 0 Å². The summed E-state index contributed by atoms with van der Waals surface area (Å²) in [6.45, 7) is 12.0. The first-order valence-electron chi connectivity index (χ1n) is 13.1. The monoisotopic (exact) mass is 488 g/mol. The minimum Gasteiger partial charge on any atom is -0.461 e. The first kappa shape index (κ1) is 25.9. The number of esters is 1. The van der Waals surface area contributed by atoms with Crippen LogP contribution >= 0.6 is 0 Å². The smallest absolute Gasteiger partial charge is 0.313 e. The van der Waals surface area contributed by atoms with Crippen molar-refractivity contribution in [3.05, 3.63) is 25.3 Å². The van der Waals surface area contributed by atoms with Crippen molar-refractivity contribution >= 4 is 17.8 Å². The minimum absolute atomic E-state index is 0.0385. The molecule has 35 heavy (non-hydrogen) atoms. The van der Waals surface area contributed by atoms with Crippen molar-refractivity contribution in [3.63, 3.8) is 0 Å². The standard InChI is InChI=1S/C27H40N2O6/c1-5-13-28(19-11-8-7-9-12-19)24(32)22-27-17-18(3)26(4,35-27)21(25(33)34-16-6-2)20(27)23(31)29(22)14-10-15-30/h5-6,18-22,30H,1-2,7-17H2,3-4H3/t18?,20-,21-,22?,26+,27?/m0/s1. The molecule has 3 aliphatic heterocycles. The van der Waals surface area contributed by atoms with Gasteiger partial charge in [0.2, 0.25) is 11.8 Å². The van der Waals surface area contributed by atoms with Crippen LogP contribution in [-0.4, -0.2) is 82.3 Å². The molecule has 6 atom stereocenters. The molecule has 4 rings (SSSR count). The Bertz CT molecular complexity index is 870. The van der Waals surface area contributed by atoms with Gasteiger partial charge in [-0.25, -0.2) is 0 Å². The molecule has 4 aliphatic rings. The molecular weight excluding hydrogens is 448 g/mol. The Morgan fingerprint density at radius 1 is 1.26 bits per heavy atom. The summed E-state index contributed by atoms with van der Waals surface area (Å²) in [6, 6.07) is -0.741. The predicted molar refractivity (Wildman–Crippen MR) is 130 cm³/mol. The molecule has 0 aromatic carbocycles. The fourth-order valence-corrected chi connectivity index (χ4v) is 7.20. The van der Waals surface area contributed by atoms with Gasteiger partial charge in [-0.1, -0.05) is 44.9 Å². The van der Waals surface area contributed by atoms with Gasteiger partial charge in [0.15, 0.2) is 0 Å². The van der Waals surface area contributed by atoms with E-state index in [1.165, 1.54) is 6.08 Å². The van der Waals surface area contributed by atoms with Crippen LogP contribution in [0.2, 0.25) is 0 Å². The lowest BCUT2D eigenvalue weighted by Gasteiger charge is -2.41. The zero-order valence-electron chi connectivity index (χ0n) is 21.1. The van der Waals surface area contributed by atoms with E-state index < -0.39 is 35.0 Å². The molecule has 2 amide bonds. The first-order chi connectivity index (χ1) is 16.8. The van der Waals surface area contributed by atoms with Crippen LogP contribution < -0.4 is 0 Å². The summed E-state index contributed by atoms with van der Waals surface area (Å²) in [5.74, 6) is -2.49. The second-order valence-corrected chi connectivity index (χ2v) is 10.8. The zero-order valence-corrected chi connectivity index (χ0v) is 21.1. The van der Waals surface area contributed by atoms with Gasteiger partial charge in [0.1, 0.15) is 24.2 Å². The lowest BCUT2D eigenvalue weighted by molar-refractivity contribution is -0.161. The molecule has 3 saturated heterocycles. The van der Waals surface area contributed by atoms with Gasteiger partial charge in [-0.3, -0.25) is 14.4 Å². The molecule has 8 nitrogen and oxygen atoms in total. The van der Waals surface area contributed by atoms with Crippen molar-refractivity contribution in [2.24, 2.45) is 17.8 Å². The number of nitrogens with zero attached hydrogens (tertiary/aromatic N) is 2. The number of likely N-dealkylation sites (tertiary alicyclic amines) is 1. The molecule has 8 heteroatoms. The fraction of sp³-hybridized carbons (Fsp3) is 0.741. The van der Waals surface area contributed by atoms with E-state index in [0.717, 1.165) is 32.1 Å². The number of hydrogen-bond acceptors (Lipinski definition) is 6. The SMILES string of the molecule is C=CCOC(=O)[C@@H]1[C@H]2C(=O)N(CCCO)C(C(=O)N(CC=C)C3CCCCC3)C23CC(C)[C@@]1(C)O3. The van der Waals surface area contributed by atoms with Gasteiger partial charge >= 0.3 is 5.97 Å². The van der Waals surface area contributed by atoms with E-state index in [-0.39, 0.29) is 43.5 Å². The second-order valence-electron chi connectivity index (χ2n) is 10.8. The molecule has 3 heterocycles. The normalized spacial score (nSPS) is 36.2. The number of carbonyl (C=O) groups excluding carboxylic acids is 3. The van der Waals surface area contributed by atoms with E-state index >= 15 is 0 Å². The van der Waals surface area contributed by atoms with Crippen molar-refractivity contribution in [1.82, 2.24) is 9.80 Å². The molecule has 3 unspecified atom stereocenters. The summed E-state index contributed by atoms with van der Waals surface area (Å²) in [4.78, 5) is 45.0. The number of amides is 2. The van der Waals surface area contributed by atoms with Crippen LogP contribution in [0.4, 0.5) is 0 Å². The van der Waals surface area contributed by atoms with Gasteiger partial charge < -0.3 is 24.4 Å². The maximum absolute atomic E-state index is 14.4. The number of ether oxygens (including phenoxy) is 2. The van der Waals surface area contributed by atoms with Crippen LogP contribution in [0.25, 0.3) is 0 Å². The lowest BCUT2D eigenvalue weighted by Crippen LogP contribution is -2.58. The molecular formula is C27H40N2O6. The minimum atomic E-state index is -1.09. The van der Waals surface area contributed by atoms with Gasteiger partial charge in [0.05, 0.1) is 11.5 Å². The van der Waals surface area contributed by atoms with Gasteiger partial charge in [0, 0.05) is 25.7 Å². The highest BCUT2D eigenvalue weighted by Crippen LogP contribution is 2.65. The van der Waals surface area contributed by atoms with Crippen LogP contribution in [0.15, 0.2) is 25.3 Å². The van der Waals surface area contributed by atoms with Gasteiger partial charge in [-0.15, -0.1) is 6.58 Å². The molecule has 1 saturated carbocycles. The molecule has 1 spiro atoms. The summed E-state index contributed by atoms with van der Waals surface area (Å²) >= 11 is 0. The Morgan fingerprint density at radius 2 is 1.97 bits per heavy atom. The van der Waals surface area contributed by atoms with E-state index in [4.69, 9.17) is 9.47 Å². The third-order valence-electron chi connectivity index (χ3n) is 8.83. The number of hydrogen-bond donors (Lipinski definition) is 1. The van der Waals surface area contributed by atoms with Crippen LogP contribution in [0.5, 0.6) is 0 Å². The van der Waals surface area contributed by atoms with Gasteiger partial charge in [0.25, 0.3) is 0 Å². The molecule has 0 radical (unpaired) electrons. The number of rotatable bonds is 10. The number of aliphatic hydroxyl groups is 1. The van der Waals surface area contributed by atoms with Crippen molar-refractivity contribution in [2.45, 2.75) is 82.1 Å². The summed E-state index contributed by atoms with van der Waals surface area (Å²) in [5, 5.41) is 9.53. The summed E-state index contributed by atoms with van der Waals surface area (Å²) in [5.41, 5.74) is -1.99. The Hall–Kier alpha value is -2.19. The highest BCUT2D eigenvalue weighted by atomic mass is 16.6. The average Bonchev–Trinajstić information content (AvgIpc) is 3.36. The van der Waals surface area contributed by atoms with Crippen molar-refractivity contribution in [3.8, 4) is 0 Å². The van der Waals surface area contributed by atoms with Crippen molar-refractivity contribution < 1.29 is 29.0 Å². The number of fused-ring (bicyclic) bond motifs is 1. The van der Waals surface area contributed by atoms with E-state index in [0.29, 0.717) is 19.4 Å². The topological polar surface area (TPSA) is 96.4 Å². The van der Waals surface area contributed by atoms with E-state index in [9.17, 15) is 19.5 Å². The largest absolute Gasteiger partial charge is 0.461 e. The molecule has 1 aliphatic carbocycles. The van der Waals surface area contributed by atoms with E-state index in [2.05, 4.69) is 13.2 Å². The third-order valence-corrected chi connectivity index (χ3v) is 8.83.